The monoisotopic (exact) mass is 494 g/mol. The van der Waals surface area contributed by atoms with E-state index in [0.717, 1.165) is 30.4 Å². The van der Waals surface area contributed by atoms with Crippen molar-refractivity contribution in [2.45, 2.75) is 104 Å². The van der Waals surface area contributed by atoms with Gasteiger partial charge in [-0.05, 0) is 47.7 Å². The lowest BCUT2D eigenvalue weighted by molar-refractivity contribution is -0.134. The summed E-state index contributed by atoms with van der Waals surface area (Å²) in [5.74, 6) is 0.471. The quantitative estimate of drug-likeness (QED) is 0.118. The first-order chi connectivity index (χ1) is 17.5. The van der Waals surface area contributed by atoms with Crippen molar-refractivity contribution in [1.29, 1.82) is 0 Å². The summed E-state index contributed by atoms with van der Waals surface area (Å²) in [5.41, 5.74) is 2.54. The Morgan fingerprint density at radius 1 is 0.694 bits per heavy atom. The van der Waals surface area contributed by atoms with Crippen LogP contribution in [0, 0.1) is 5.92 Å². The van der Waals surface area contributed by atoms with Crippen LogP contribution in [-0.2, 0) is 9.53 Å². The molecule has 0 aromatic heterocycles. The van der Waals surface area contributed by atoms with Crippen LogP contribution >= 0.6 is 0 Å². The van der Waals surface area contributed by atoms with Crippen LogP contribution in [0.15, 0.2) is 48.5 Å². The van der Waals surface area contributed by atoms with Crippen molar-refractivity contribution in [3.05, 3.63) is 54.1 Å². The van der Waals surface area contributed by atoms with Crippen molar-refractivity contribution in [1.82, 2.24) is 0 Å². The first kappa shape index (κ1) is 29.6. The standard InChI is InChI=1S/C32H46O4/c1-4-6-7-8-9-10-11-12-13-14-15-16-31(33)36-30-23-21-28(22-24-30)27-17-19-29(20-18-27)32(34)35-25-26(3)5-2/h17-24,26H,4-16,25H2,1-3H3. The normalized spacial score (nSPS) is 11.8. The van der Waals surface area contributed by atoms with Gasteiger partial charge >= 0.3 is 11.9 Å². The third kappa shape index (κ3) is 11.9. The van der Waals surface area contributed by atoms with Gasteiger partial charge in [-0.25, -0.2) is 4.79 Å². The summed E-state index contributed by atoms with van der Waals surface area (Å²) < 4.78 is 10.9. The predicted molar refractivity (Wildman–Crippen MR) is 148 cm³/mol. The van der Waals surface area contributed by atoms with Gasteiger partial charge in [0.2, 0.25) is 0 Å². The Bertz CT molecular complexity index is 870. The smallest absolute Gasteiger partial charge is 0.338 e. The van der Waals surface area contributed by atoms with Crippen LogP contribution in [0.5, 0.6) is 5.75 Å². The average Bonchev–Trinajstić information content (AvgIpc) is 2.90. The minimum absolute atomic E-state index is 0.168. The van der Waals surface area contributed by atoms with Gasteiger partial charge in [0.25, 0.3) is 0 Å². The lowest BCUT2D eigenvalue weighted by Gasteiger charge is -2.10. The van der Waals surface area contributed by atoms with Crippen LogP contribution in [0.25, 0.3) is 11.1 Å². The molecular formula is C32H46O4. The molecule has 4 nitrogen and oxygen atoms in total. The van der Waals surface area contributed by atoms with Gasteiger partial charge in [-0.3, -0.25) is 4.79 Å². The number of unbranched alkanes of at least 4 members (excludes halogenated alkanes) is 10. The predicted octanol–water partition coefficient (Wildman–Crippen LogP) is 9.16. The average molecular weight is 495 g/mol. The van der Waals surface area contributed by atoms with E-state index in [1.54, 1.807) is 12.1 Å². The van der Waals surface area contributed by atoms with Crippen molar-refractivity contribution in [2.75, 3.05) is 6.61 Å². The SMILES string of the molecule is CCCCCCCCCCCCCC(=O)Oc1ccc(-c2ccc(C(=O)OCC(C)CC)cc2)cc1. The molecule has 0 aliphatic carbocycles. The summed E-state index contributed by atoms with van der Waals surface area (Å²) in [5, 5.41) is 0. The molecule has 0 bridgehead atoms. The highest BCUT2D eigenvalue weighted by Crippen LogP contribution is 2.24. The van der Waals surface area contributed by atoms with Crippen molar-refractivity contribution in [2.24, 2.45) is 5.92 Å². The molecule has 0 aliphatic heterocycles. The molecule has 0 N–H and O–H groups in total. The van der Waals surface area contributed by atoms with Gasteiger partial charge in [0.05, 0.1) is 12.2 Å². The van der Waals surface area contributed by atoms with Crippen molar-refractivity contribution in [3.8, 4) is 16.9 Å². The summed E-state index contributed by atoms with van der Waals surface area (Å²) in [6, 6.07) is 14.9. The van der Waals surface area contributed by atoms with Crippen LogP contribution in [0.4, 0.5) is 0 Å². The third-order valence-electron chi connectivity index (χ3n) is 6.72. The van der Waals surface area contributed by atoms with E-state index >= 15 is 0 Å². The zero-order valence-corrected chi connectivity index (χ0v) is 22.7. The second-order valence-electron chi connectivity index (χ2n) is 9.97. The lowest BCUT2D eigenvalue weighted by atomic mass is 10.0. The first-order valence-electron chi connectivity index (χ1n) is 14.1. The molecule has 2 aromatic carbocycles. The van der Waals surface area contributed by atoms with Crippen LogP contribution in [-0.4, -0.2) is 18.5 Å². The van der Waals surface area contributed by atoms with Gasteiger partial charge in [0, 0.05) is 6.42 Å². The minimum Gasteiger partial charge on any atom is -0.462 e. The van der Waals surface area contributed by atoms with E-state index in [2.05, 4.69) is 20.8 Å². The van der Waals surface area contributed by atoms with E-state index in [9.17, 15) is 9.59 Å². The Hall–Kier alpha value is -2.62. The highest BCUT2D eigenvalue weighted by molar-refractivity contribution is 5.90. The fraction of sp³-hybridized carbons (Fsp3) is 0.562. The van der Waals surface area contributed by atoms with Gasteiger partial charge in [0.15, 0.2) is 0 Å². The fourth-order valence-corrected chi connectivity index (χ4v) is 4.05. The third-order valence-corrected chi connectivity index (χ3v) is 6.72. The van der Waals surface area contributed by atoms with Gasteiger partial charge in [-0.2, -0.15) is 0 Å². The molecule has 0 spiro atoms. The fourth-order valence-electron chi connectivity index (χ4n) is 4.05. The number of esters is 2. The number of rotatable bonds is 18. The van der Waals surface area contributed by atoms with Crippen molar-refractivity contribution < 1.29 is 19.1 Å². The van der Waals surface area contributed by atoms with E-state index < -0.39 is 0 Å². The number of hydrogen-bond donors (Lipinski definition) is 0. The maximum Gasteiger partial charge on any atom is 0.338 e. The second kappa shape index (κ2) is 17.8. The van der Waals surface area contributed by atoms with E-state index in [4.69, 9.17) is 9.47 Å². The van der Waals surface area contributed by atoms with Gasteiger partial charge in [-0.1, -0.05) is 116 Å². The molecule has 0 saturated carbocycles. The summed E-state index contributed by atoms with van der Waals surface area (Å²) >= 11 is 0. The molecule has 36 heavy (non-hydrogen) atoms. The number of carbonyl (C=O) groups excluding carboxylic acids is 2. The molecule has 2 aromatic rings. The molecule has 2 rings (SSSR count). The summed E-state index contributed by atoms with van der Waals surface area (Å²) in [4.78, 5) is 24.4. The molecule has 0 saturated heterocycles. The Labute approximate surface area is 218 Å². The molecule has 0 fully saturated rings. The Morgan fingerprint density at radius 3 is 1.72 bits per heavy atom. The molecule has 1 atom stereocenters. The summed E-state index contributed by atoms with van der Waals surface area (Å²) in [7, 11) is 0. The highest BCUT2D eigenvalue weighted by Gasteiger charge is 2.10. The Kier molecular flexibility index (Phi) is 14.6. The number of benzene rings is 2. The topological polar surface area (TPSA) is 52.6 Å². The second-order valence-corrected chi connectivity index (χ2v) is 9.97. The summed E-state index contributed by atoms with van der Waals surface area (Å²) in [6.45, 7) is 6.84. The van der Waals surface area contributed by atoms with Crippen LogP contribution in [0.2, 0.25) is 0 Å². The summed E-state index contributed by atoms with van der Waals surface area (Å²) in [6.07, 6.45) is 15.3. The van der Waals surface area contributed by atoms with E-state index in [1.807, 2.05) is 36.4 Å². The van der Waals surface area contributed by atoms with Gasteiger partial charge in [-0.15, -0.1) is 0 Å². The van der Waals surface area contributed by atoms with E-state index in [0.29, 0.717) is 30.3 Å². The van der Waals surface area contributed by atoms with Crippen LogP contribution < -0.4 is 4.74 Å². The van der Waals surface area contributed by atoms with E-state index in [-0.39, 0.29) is 11.9 Å². The maximum atomic E-state index is 12.2. The number of ether oxygens (including phenoxy) is 2. The molecule has 1 unspecified atom stereocenters. The zero-order valence-electron chi connectivity index (χ0n) is 22.7. The van der Waals surface area contributed by atoms with Crippen molar-refractivity contribution in [3.63, 3.8) is 0 Å². The minimum atomic E-state index is -0.290. The molecule has 0 aliphatic rings. The molecular weight excluding hydrogens is 448 g/mol. The van der Waals surface area contributed by atoms with Crippen LogP contribution in [0.3, 0.4) is 0 Å². The number of hydrogen-bond acceptors (Lipinski definition) is 4. The Morgan fingerprint density at radius 2 is 1.19 bits per heavy atom. The largest absolute Gasteiger partial charge is 0.462 e. The lowest BCUT2D eigenvalue weighted by Crippen LogP contribution is -2.11. The first-order valence-corrected chi connectivity index (χ1v) is 14.1. The van der Waals surface area contributed by atoms with Gasteiger partial charge < -0.3 is 9.47 Å². The molecule has 198 valence electrons. The number of carbonyl (C=O) groups is 2. The molecule has 0 radical (unpaired) electrons. The van der Waals surface area contributed by atoms with Crippen molar-refractivity contribution >= 4 is 11.9 Å². The Balaban J connectivity index is 1.64. The zero-order chi connectivity index (χ0) is 26.0. The van der Waals surface area contributed by atoms with E-state index in [1.165, 1.54) is 57.8 Å². The molecule has 0 amide bonds. The van der Waals surface area contributed by atoms with Crippen LogP contribution in [0.1, 0.15) is 115 Å². The molecule has 4 heteroatoms. The molecule has 0 heterocycles. The maximum absolute atomic E-state index is 12.2. The van der Waals surface area contributed by atoms with Gasteiger partial charge in [0.1, 0.15) is 5.75 Å². The highest BCUT2D eigenvalue weighted by atomic mass is 16.5.